The summed E-state index contributed by atoms with van der Waals surface area (Å²) in [7, 11) is -11.9. The third-order valence-corrected chi connectivity index (χ3v) is 14.1. The zero-order valence-corrected chi connectivity index (χ0v) is 28.9. The Morgan fingerprint density at radius 2 is 1.00 bits per heavy atom. The number of phosphoric acid groups is 2. The fourth-order valence-corrected chi connectivity index (χ4v) is 11.1. The lowest BCUT2D eigenvalue weighted by atomic mass is 10.1. The largest absolute Gasteiger partial charge is 0.488 e. The lowest BCUT2D eigenvalue weighted by Crippen LogP contribution is -2.37. The summed E-state index contributed by atoms with van der Waals surface area (Å²) in [5.74, 6) is 0. The number of nitrogens with one attached hydrogen (secondary N) is 2. The number of H-pyrrole nitrogens is 2. The molecule has 2 fully saturated rings. The maximum Gasteiger partial charge on any atom is 0.488 e. The molecule has 2 saturated heterocycles. The number of aromatic nitrogens is 4. The Morgan fingerprint density at radius 3 is 1.33 bits per heavy atom. The summed E-state index contributed by atoms with van der Waals surface area (Å²) in [6, 6.07) is 1.82. The van der Waals surface area contributed by atoms with Crippen LogP contribution in [0.25, 0.3) is 0 Å². The van der Waals surface area contributed by atoms with Crippen molar-refractivity contribution in [3.63, 3.8) is 0 Å². The summed E-state index contributed by atoms with van der Waals surface area (Å²) in [6.07, 6.45) is -11.6. The molecule has 12 atom stereocenters. The molecule has 0 amide bonds. The van der Waals surface area contributed by atoms with Crippen molar-refractivity contribution in [2.45, 2.75) is 49.1 Å². The lowest BCUT2D eigenvalue weighted by Gasteiger charge is -2.24. The van der Waals surface area contributed by atoms with Crippen molar-refractivity contribution < 1.29 is 80.6 Å². The average Bonchev–Trinajstić information content (AvgIpc) is 3.38. The van der Waals surface area contributed by atoms with Crippen LogP contribution in [0.15, 0.2) is 43.7 Å². The van der Waals surface area contributed by atoms with E-state index in [1.165, 1.54) is 0 Å². The standard InChI is InChI=1S/C18H26N4O21P4S2/c23-9-1-3-21(17(29)19-9)15-13(27)11(25)7(39-15)5-37-46(35,48)42-44(31,32)41-45(33,34)43-47(36,49)38-6-8-12(26)14(28)16(40-8)22-4-2-10(24)20-18(22)30/h1-4,7-8,11-16,25-28H,5-6H2,(H,31,32)(H,33,34)(H,35,48)(H,36,49)(H,19,23,29)(H,20,24,30)/t7-,8-,11-,12-,13-,14-,15-,16-,46?,47?/m1/s1. The molecule has 0 bridgehead atoms. The molecule has 2 aromatic rings. The summed E-state index contributed by atoms with van der Waals surface area (Å²) in [4.78, 5) is 90.6. The van der Waals surface area contributed by atoms with E-state index in [1.807, 2.05) is 9.97 Å². The minimum absolute atomic E-state index is 0.711. The maximum absolute atomic E-state index is 12.4. The van der Waals surface area contributed by atoms with E-state index in [4.69, 9.17) is 18.5 Å². The summed E-state index contributed by atoms with van der Waals surface area (Å²) < 4.78 is 58.8. The maximum atomic E-state index is 12.4. The molecular weight excluding hydrogens is 796 g/mol. The number of hydrogen-bond donors (Lipinski definition) is 10. The van der Waals surface area contributed by atoms with Crippen LogP contribution < -0.4 is 22.5 Å². The summed E-state index contributed by atoms with van der Waals surface area (Å²) in [6.45, 7) is -11.8. The van der Waals surface area contributed by atoms with E-state index in [1.54, 1.807) is 0 Å². The van der Waals surface area contributed by atoms with Gasteiger partial charge in [-0.15, -0.1) is 0 Å². The highest BCUT2D eigenvalue weighted by atomic mass is 32.5. The predicted octanol–water partition coefficient (Wildman–Crippen LogP) is -3.96. The number of aliphatic hydroxyl groups is 4. The van der Waals surface area contributed by atoms with Gasteiger partial charge in [0.15, 0.2) is 12.5 Å². The Labute approximate surface area is 280 Å². The van der Waals surface area contributed by atoms with Gasteiger partial charge in [-0.05, 0) is 23.6 Å². The number of hydrogen-bond acceptors (Lipinski definition) is 19. The number of ether oxygens (including phenoxy) is 2. The monoisotopic (exact) mass is 822 g/mol. The molecule has 4 unspecified atom stereocenters. The molecule has 4 heterocycles. The number of rotatable bonds is 14. The van der Waals surface area contributed by atoms with Crippen LogP contribution in [-0.2, 0) is 64.2 Å². The summed E-state index contributed by atoms with van der Waals surface area (Å²) in [5.41, 5.74) is -3.59. The molecule has 0 saturated carbocycles. The van der Waals surface area contributed by atoms with Gasteiger partial charge in [0.2, 0.25) is 0 Å². The van der Waals surface area contributed by atoms with E-state index < -0.39 is 114 Å². The van der Waals surface area contributed by atoms with Crippen molar-refractivity contribution >= 4 is 52.7 Å². The molecule has 276 valence electrons. The summed E-state index contributed by atoms with van der Waals surface area (Å²) >= 11 is 9.10. The van der Waals surface area contributed by atoms with Crippen molar-refractivity contribution in [3.05, 3.63) is 66.2 Å². The van der Waals surface area contributed by atoms with Crippen molar-refractivity contribution in [1.29, 1.82) is 0 Å². The Bertz CT molecular complexity index is 1830. The van der Waals surface area contributed by atoms with Gasteiger partial charge in [-0.2, -0.15) is 4.31 Å². The number of aliphatic hydroxyl groups excluding tert-OH is 4. The SMILES string of the molecule is O=c1ccn([C@@H]2O[C@H](COP(O)(=S)OP(=O)(O)OP(=O)(O)OP(O)(=S)OC[C@H]3O[C@@H](n4ccc(=O)[nH]c4=O)[C@H](O)[C@@H]3O)[C@@H](O)[C@H]2O)c(=O)[nH]1. The van der Waals surface area contributed by atoms with Crippen LogP contribution >= 0.6 is 29.1 Å². The van der Waals surface area contributed by atoms with Gasteiger partial charge in [-0.1, -0.05) is 0 Å². The third kappa shape index (κ3) is 10.3. The normalized spacial score (nSPS) is 32.2. The highest BCUT2D eigenvalue weighted by molar-refractivity contribution is 8.09. The van der Waals surface area contributed by atoms with Gasteiger partial charge in [0, 0.05) is 24.5 Å². The first-order valence-corrected chi connectivity index (χ1v) is 21.1. The molecular formula is C18H26N4O21P4S2. The average molecular weight is 822 g/mol. The second kappa shape index (κ2) is 15.2. The Morgan fingerprint density at radius 1 is 0.653 bits per heavy atom. The molecule has 49 heavy (non-hydrogen) atoms. The van der Waals surface area contributed by atoms with E-state index in [2.05, 4.69) is 36.5 Å². The van der Waals surface area contributed by atoms with Gasteiger partial charge in [0.1, 0.15) is 36.6 Å². The Hall–Kier alpha value is -1.48. The van der Waals surface area contributed by atoms with Gasteiger partial charge in [0.25, 0.3) is 11.1 Å². The fourth-order valence-electron chi connectivity index (χ4n) is 4.25. The Balaban J connectivity index is 1.31. The Kier molecular flexibility index (Phi) is 12.5. The van der Waals surface area contributed by atoms with E-state index in [-0.39, 0.29) is 0 Å². The van der Waals surface area contributed by atoms with Crippen molar-refractivity contribution in [2.24, 2.45) is 0 Å². The van der Waals surface area contributed by atoms with E-state index in [0.29, 0.717) is 9.13 Å². The van der Waals surface area contributed by atoms with Crippen molar-refractivity contribution in [2.75, 3.05) is 13.2 Å². The van der Waals surface area contributed by atoms with Crippen LogP contribution in [0.3, 0.4) is 0 Å². The first-order chi connectivity index (χ1) is 22.5. The van der Waals surface area contributed by atoms with Crippen LogP contribution in [0.2, 0.25) is 0 Å². The van der Waals surface area contributed by atoms with Gasteiger partial charge in [0.05, 0.1) is 13.2 Å². The van der Waals surface area contributed by atoms with Crippen LogP contribution in [0.4, 0.5) is 0 Å². The minimum atomic E-state index is -5.94. The molecule has 0 aliphatic carbocycles. The second-order valence-corrected chi connectivity index (χ2v) is 18.8. The van der Waals surface area contributed by atoms with Gasteiger partial charge in [-0.3, -0.25) is 28.7 Å². The van der Waals surface area contributed by atoms with Crippen molar-refractivity contribution in [3.8, 4) is 0 Å². The molecule has 31 heteroatoms. The molecule has 25 nitrogen and oxygen atoms in total. The number of aromatic amines is 2. The van der Waals surface area contributed by atoms with E-state index in [9.17, 15) is 68.3 Å². The number of nitrogens with zero attached hydrogens (tertiary/aromatic N) is 2. The van der Waals surface area contributed by atoms with Crippen LogP contribution in [0.1, 0.15) is 12.5 Å². The first-order valence-electron chi connectivity index (χ1n) is 12.9. The lowest BCUT2D eigenvalue weighted by molar-refractivity contribution is -0.0528. The van der Waals surface area contributed by atoms with Crippen LogP contribution in [0, 0.1) is 0 Å². The fraction of sp³-hybridized carbons (Fsp3) is 0.556. The van der Waals surface area contributed by atoms with E-state index >= 15 is 0 Å². The smallest absolute Gasteiger partial charge is 0.387 e. The highest BCUT2D eigenvalue weighted by Gasteiger charge is 2.48. The first kappa shape index (κ1) is 40.3. The molecule has 0 aromatic carbocycles. The summed E-state index contributed by atoms with van der Waals surface area (Å²) in [5, 5.41) is 41.0. The molecule has 10 N–H and O–H groups in total. The van der Waals surface area contributed by atoms with E-state index in [0.717, 1.165) is 24.5 Å². The molecule has 0 spiro atoms. The predicted molar refractivity (Wildman–Crippen MR) is 162 cm³/mol. The van der Waals surface area contributed by atoms with Gasteiger partial charge in [-0.25, -0.2) is 27.3 Å². The third-order valence-electron chi connectivity index (χ3n) is 6.35. The molecule has 2 aromatic heterocycles. The topological polar surface area (TPSA) is 370 Å². The minimum Gasteiger partial charge on any atom is -0.387 e. The molecule has 0 radical (unpaired) electrons. The van der Waals surface area contributed by atoms with Crippen LogP contribution in [0.5, 0.6) is 0 Å². The van der Waals surface area contributed by atoms with Gasteiger partial charge < -0.3 is 58.5 Å². The molecule has 2 aliphatic rings. The molecule has 4 rings (SSSR count). The molecule has 2 aliphatic heterocycles. The second-order valence-electron chi connectivity index (χ2n) is 9.84. The highest BCUT2D eigenvalue weighted by Crippen LogP contribution is 2.71. The quantitative estimate of drug-likeness (QED) is 0.0813. The van der Waals surface area contributed by atoms with Gasteiger partial charge >= 0.3 is 40.5 Å². The van der Waals surface area contributed by atoms with Crippen LogP contribution in [-0.4, -0.2) is 109 Å². The zero-order valence-electron chi connectivity index (χ0n) is 23.7. The van der Waals surface area contributed by atoms with Crippen molar-refractivity contribution in [1.82, 2.24) is 19.1 Å². The zero-order chi connectivity index (χ0) is 36.7.